The summed E-state index contributed by atoms with van der Waals surface area (Å²) in [5.41, 5.74) is -0.0661. The number of hydrogen-bond donors (Lipinski definition) is 0. The number of nitro benzene ring substituents is 1. The molecular formula is C18H29BrN4O7S2. The Morgan fingerprint density at radius 3 is 2.31 bits per heavy atom. The van der Waals surface area contributed by atoms with E-state index in [4.69, 9.17) is 4.18 Å². The highest BCUT2D eigenvalue weighted by molar-refractivity contribution is 9.09. The van der Waals surface area contributed by atoms with Gasteiger partial charge in [0.25, 0.3) is 15.8 Å². The van der Waals surface area contributed by atoms with Crippen LogP contribution in [0.15, 0.2) is 23.1 Å². The quantitative estimate of drug-likeness (QED) is 0.172. The minimum Gasteiger partial charge on any atom is -0.367 e. The van der Waals surface area contributed by atoms with Gasteiger partial charge in [0, 0.05) is 49.7 Å². The molecule has 0 bridgehead atoms. The molecule has 0 amide bonds. The minimum absolute atomic E-state index is 0.0850. The number of alkyl halides is 1. The van der Waals surface area contributed by atoms with E-state index in [0.717, 1.165) is 12.3 Å². The molecule has 2 rings (SSSR count). The van der Waals surface area contributed by atoms with Crippen LogP contribution in [0.5, 0.6) is 0 Å². The molecule has 14 heteroatoms. The summed E-state index contributed by atoms with van der Waals surface area (Å²) in [5.74, 6) is 0. The highest BCUT2D eigenvalue weighted by atomic mass is 79.9. The zero-order valence-corrected chi connectivity index (χ0v) is 21.5. The minimum atomic E-state index is -4.02. The molecule has 1 fully saturated rings. The summed E-state index contributed by atoms with van der Waals surface area (Å²) in [4.78, 5) is 14.2. The van der Waals surface area contributed by atoms with Crippen molar-refractivity contribution in [3.05, 3.63) is 28.3 Å². The Balaban J connectivity index is 2.42. The lowest BCUT2D eigenvalue weighted by Crippen LogP contribution is -2.44. The lowest BCUT2D eigenvalue weighted by atomic mass is 10.1. The van der Waals surface area contributed by atoms with Crippen molar-refractivity contribution in [2.24, 2.45) is 0 Å². The van der Waals surface area contributed by atoms with Crippen LogP contribution in [-0.2, 0) is 24.3 Å². The van der Waals surface area contributed by atoms with E-state index in [0.29, 0.717) is 37.8 Å². The smallest absolute Gasteiger partial charge is 0.270 e. The van der Waals surface area contributed by atoms with Crippen LogP contribution < -0.4 is 4.90 Å². The van der Waals surface area contributed by atoms with Crippen molar-refractivity contribution in [3.63, 3.8) is 0 Å². The molecule has 0 aromatic heterocycles. The molecule has 0 radical (unpaired) electrons. The predicted molar refractivity (Wildman–Crippen MR) is 125 cm³/mol. The number of non-ortho nitro benzene ring substituents is 1. The average Bonchev–Trinajstić information content (AvgIpc) is 2.71. The zero-order valence-electron chi connectivity index (χ0n) is 18.3. The lowest BCUT2D eigenvalue weighted by Gasteiger charge is -2.35. The van der Waals surface area contributed by atoms with Gasteiger partial charge in [-0.25, -0.2) is 8.42 Å². The normalized spacial score (nSPS) is 16.4. The maximum absolute atomic E-state index is 13.5. The number of hydrogen-bond acceptors (Lipinski definition) is 9. The van der Waals surface area contributed by atoms with Crippen LogP contribution in [0.25, 0.3) is 0 Å². The van der Waals surface area contributed by atoms with Crippen molar-refractivity contribution < 1.29 is 25.9 Å². The summed E-state index contributed by atoms with van der Waals surface area (Å²) in [7, 11) is -3.78. The molecule has 1 heterocycles. The predicted octanol–water partition coefficient (Wildman–Crippen LogP) is 1.49. The number of halogens is 1. The van der Waals surface area contributed by atoms with Crippen LogP contribution in [0.2, 0.25) is 0 Å². The molecule has 0 atom stereocenters. The summed E-state index contributed by atoms with van der Waals surface area (Å²) in [6, 6.07) is 3.97. The SMILES string of the molecule is CN(C)C1CCN(S(=O)(=O)c2cc([N+](=O)[O-])ccc2N(CCBr)CCOS(C)(=O)=O)CC1. The molecule has 0 N–H and O–H groups in total. The average molecular weight is 557 g/mol. The fraction of sp³-hybridized carbons (Fsp3) is 0.667. The molecule has 1 saturated heterocycles. The molecule has 0 spiro atoms. The number of nitro groups is 1. The summed E-state index contributed by atoms with van der Waals surface area (Å²) < 4.78 is 55.8. The maximum Gasteiger partial charge on any atom is 0.270 e. The molecule has 32 heavy (non-hydrogen) atoms. The first-order valence-corrected chi connectivity index (χ1v) is 14.3. The molecule has 1 aromatic rings. The Labute approximate surface area is 197 Å². The van der Waals surface area contributed by atoms with Gasteiger partial charge in [0.05, 0.1) is 23.5 Å². The third-order valence-corrected chi connectivity index (χ3v) is 8.16. The second kappa shape index (κ2) is 11.2. The molecule has 11 nitrogen and oxygen atoms in total. The zero-order chi connectivity index (χ0) is 24.1. The molecule has 0 aliphatic carbocycles. The first-order valence-electron chi connectivity index (χ1n) is 9.97. The number of anilines is 1. The monoisotopic (exact) mass is 556 g/mol. The highest BCUT2D eigenvalue weighted by Gasteiger charge is 2.34. The fourth-order valence-corrected chi connectivity index (χ4v) is 6.08. The van der Waals surface area contributed by atoms with Crippen molar-refractivity contribution in [2.45, 2.75) is 23.8 Å². The Hall–Kier alpha value is -1.32. The summed E-state index contributed by atoms with van der Waals surface area (Å²) in [6.07, 6.45) is 2.24. The van der Waals surface area contributed by atoms with Crippen LogP contribution in [0, 0.1) is 10.1 Å². The van der Waals surface area contributed by atoms with Crippen molar-refractivity contribution in [2.75, 3.05) is 63.4 Å². The van der Waals surface area contributed by atoms with Gasteiger partial charge >= 0.3 is 0 Å². The van der Waals surface area contributed by atoms with Gasteiger partial charge in [-0.2, -0.15) is 12.7 Å². The van der Waals surface area contributed by atoms with Gasteiger partial charge < -0.3 is 9.80 Å². The van der Waals surface area contributed by atoms with Gasteiger partial charge in [0.1, 0.15) is 4.90 Å². The van der Waals surface area contributed by atoms with Crippen molar-refractivity contribution in [1.82, 2.24) is 9.21 Å². The second-order valence-electron chi connectivity index (χ2n) is 7.71. The molecule has 182 valence electrons. The summed E-state index contributed by atoms with van der Waals surface area (Å²) in [6.45, 7) is 0.861. The van der Waals surface area contributed by atoms with Gasteiger partial charge in [0.15, 0.2) is 0 Å². The lowest BCUT2D eigenvalue weighted by molar-refractivity contribution is -0.385. The van der Waals surface area contributed by atoms with E-state index < -0.39 is 25.1 Å². The van der Waals surface area contributed by atoms with Crippen molar-refractivity contribution in [1.29, 1.82) is 0 Å². The van der Waals surface area contributed by atoms with Gasteiger partial charge in [-0.1, -0.05) is 15.9 Å². The first kappa shape index (κ1) is 26.9. The summed E-state index contributed by atoms with van der Waals surface area (Å²) >= 11 is 3.31. The van der Waals surface area contributed by atoms with E-state index in [1.807, 2.05) is 14.1 Å². The van der Waals surface area contributed by atoms with Gasteiger partial charge in [-0.3, -0.25) is 14.3 Å². The van der Waals surface area contributed by atoms with Crippen molar-refractivity contribution >= 4 is 47.4 Å². The molecule has 0 saturated carbocycles. The second-order valence-corrected chi connectivity index (χ2v) is 12.1. The van der Waals surface area contributed by atoms with Crippen LogP contribution in [0.1, 0.15) is 12.8 Å². The van der Waals surface area contributed by atoms with Crippen molar-refractivity contribution in [3.8, 4) is 0 Å². The van der Waals surface area contributed by atoms with E-state index >= 15 is 0 Å². The molecule has 0 unspecified atom stereocenters. The van der Waals surface area contributed by atoms with Gasteiger partial charge in [0.2, 0.25) is 10.0 Å². The van der Waals surface area contributed by atoms with E-state index in [9.17, 15) is 26.9 Å². The van der Waals surface area contributed by atoms with Gasteiger partial charge in [-0.05, 0) is 33.0 Å². The molecule has 1 aliphatic rings. The van der Waals surface area contributed by atoms with Crippen LogP contribution in [-0.4, -0.2) is 95.5 Å². The number of rotatable bonds is 11. The topological polar surface area (TPSA) is 130 Å². The summed E-state index contributed by atoms with van der Waals surface area (Å²) in [5, 5.41) is 11.8. The van der Waals surface area contributed by atoms with Crippen LogP contribution in [0.4, 0.5) is 11.4 Å². The Morgan fingerprint density at radius 1 is 1.19 bits per heavy atom. The van der Waals surface area contributed by atoms with E-state index in [1.54, 1.807) is 4.90 Å². The Morgan fingerprint density at radius 2 is 1.81 bits per heavy atom. The largest absolute Gasteiger partial charge is 0.367 e. The first-order chi connectivity index (χ1) is 14.9. The highest BCUT2D eigenvalue weighted by Crippen LogP contribution is 2.33. The maximum atomic E-state index is 13.5. The number of piperidine rings is 1. The number of nitrogens with zero attached hydrogens (tertiary/aromatic N) is 4. The molecule has 1 aliphatic heterocycles. The third kappa shape index (κ3) is 7.09. The number of benzene rings is 1. The van der Waals surface area contributed by atoms with E-state index in [2.05, 4.69) is 20.8 Å². The Kier molecular flexibility index (Phi) is 9.43. The van der Waals surface area contributed by atoms with E-state index in [1.165, 1.54) is 16.4 Å². The third-order valence-electron chi connectivity index (χ3n) is 5.28. The standard InChI is InChI=1S/C18H29BrN4O7S2/c1-20(2)15-6-9-22(10-7-15)32(28,29)18-14-16(23(24)25)4-5-17(18)21(11-8-19)12-13-30-31(3,26)27/h4-5,14-15H,6-13H2,1-3H3. The van der Waals surface area contributed by atoms with Crippen LogP contribution >= 0.6 is 15.9 Å². The molecule has 1 aromatic carbocycles. The Bertz CT molecular complexity index is 1010. The van der Waals surface area contributed by atoms with Crippen LogP contribution in [0.3, 0.4) is 0 Å². The fourth-order valence-electron chi connectivity index (χ4n) is 3.58. The van der Waals surface area contributed by atoms with E-state index in [-0.39, 0.29) is 35.5 Å². The van der Waals surface area contributed by atoms with Gasteiger partial charge in [-0.15, -0.1) is 0 Å². The molecular weight excluding hydrogens is 528 g/mol. The number of sulfonamides is 1.